The Morgan fingerprint density at radius 1 is 1.44 bits per heavy atom. The van der Waals surface area contributed by atoms with Crippen LogP contribution in [0.2, 0.25) is 0 Å². The Morgan fingerprint density at radius 3 is 2.56 bits per heavy atom. The van der Waals surface area contributed by atoms with Gasteiger partial charge in [0, 0.05) is 9.65 Å². The van der Waals surface area contributed by atoms with Crippen molar-refractivity contribution in [1.29, 1.82) is 0 Å². The lowest BCUT2D eigenvalue weighted by atomic mass is 9.98. The number of hydrogen-bond donors (Lipinski definition) is 0. The van der Waals surface area contributed by atoms with Crippen LogP contribution in [0.3, 0.4) is 0 Å². The molecule has 3 unspecified atom stereocenters. The van der Waals surface area contributed by atoms with Gasteiger partial charge in [0.25, 0.3) is 0 Å². The first-order valence-electron chi connectivity index (χ1n) is 3.16. The zero-order chi connectivity index (χ0) is 6.85. The number of alkyl halides is 2. The fourth-order valence-corrected chi connectivity index (χ4v) is 2.08. The standard InChI is InChI=1S/C7H10Br2/c1-5-3-2-4-6(8)7(5)9/h2-3,5-7H,4H2,1H3. The van der Waals surface area contributed by atoms with E-state index >= 15 is 0 Å². The molecule has 0 heterocycles. The Morgan fingerprint density at radius 2 is 2.11 bits per heavy atom. The van der Waals surface area contributed by atoms with Crippen molar-refractivity contribution in [3.63, 3.8) is 0 Å². The molecule has 0 N–H and O–H groups in total. The second kappa shape index (κ2) is 3.20. The molecule has 0 saturated heterocycles. The minimum atomic E-state index is 0.613. The number of allylic oxidation sites excluding steroid dienone is 2. The molecule has 0 aromatic carbocycles. The molecule has 0 aromatic rings. The van der Waals surface area contributed by atoms with E-state index in [1.807, 2.05) is 0 Å². The van der Waals surface area contributed by atoms with Crippen molar-refractivity contribution in [2.75, 3.05) is 0 Å². The van der Waals surface area contributed by atoms with Crippen LogP contribution >= 0.6 is 31.9 Å². The highest BCUT2D eigenvalue weighted by Crippen LogP contribution is 2.29. The summed E-state index contributed by atoms with van der Waals surface area (Å²) >= 11 is 7.22. The third-order valence-electron chi connectivity index (χ3n) is 1.65. The topological polar surface area (TPSA) is 0 Å². The highest BCUT2D eigenvalue weighted by molar-refractivity contribution is 9.12. The van der Waals surface area contributed by atoms with E-state index in [9.17, 15) is 0 Å². The first-order valence-corrected chi connectivity index (χ1v) is 4.99. The molecule has 0 aromatic heterocycles. The second-order valence-electron chi connectivity index (χ2n) is 2.48. The van der Waals surface area contributed by atoms with Gasteiger partial charge in [-0.25, -0.2) is 0 Å². The van der Waals surface area contributed by atoms with Crippen molar-refractivity contribution >= 4 is 31.9 Å². The molecule has 1 aliphatic rings. The van der Waals surface area contributed by atoms with Gasteiger partial charge in [-0.1, -0.05) is 50.9 Å². The summed E-state index contributed by atoms with van der Waals surface area (Å²) < 4.78 is 0. The molecule has 0 aliphatic heterocycles. The Bertz CT molecular complexity index is 120. The highest BCUT2D eigenvalue weighted by Gasteiger charge is 2.22. The summed E-state index contributed by atoms with van der Waals surface area (Å²) in [6.07, 6.45) is 5.65. The van der Waals surface area contributed by atoms with Gasteiger partial charge in [-0.2, -0.15) is 0 Å². The van der Waals surface area contributed by atoms with E-state index in [1.165, 1.54) is 0 Å². The van der Waals surface area contributed by atoms with Crippen LogP contribution in [0.4, 0.5) is 0 Å². The molecule has 0 nitrogen and oxygen atoms in total. The molecule has 9 heavy (non-hydrogen) atoms. The molecule has 0 spiro atoms. The quantitative estimate of drug-likeness (QED) is 0.460. The Hall–Kier alpha value is 0.700. The largest absolute Gasteiger partial charge is 0.0875 e. The lowest BCUT2D eigenvalue weighted by Gasteiger charge is -2.23. The zero-order valence-electron chi connectivity index (χ0n) is 5.35. The monoisotopic (exact) mass is 252 g/mol. The third-order valence-corrected chi connectivity index (χ3v) is 4.77. The number of halogens is 2. The average Bonchev–Trinajstić information content (AvgIpc) is 1.83. The second-order valence-corrected chi connectivity index (χ2v) is 4.72. The SMILES string of the molecule is CC1C=CCC(Br)C1Br. The molecule has 3 atom stereocenters. The number of hydrogen-bond acceptors (Lipinski definition) is 0. The van der Waals surface area contributed by atoms with E-state index in [1.54, 1.807) is 0 Å². The summed E-state index contributed by atoms with van der Waals surface area (Å²) in [6.45, 7) is 2.23. The summed E-state index contributed by atoms with van der Waals surface area (Å²) in [5.41, 5.74) is 0. The summed E-state index contributed by atoms with van der Waals surface area (Å²) in [7, 11) is 0. The highest BCUT2D eigenvalue weighted by atomic mass is 79.9. The Balaban J connectivity index is 2.58. The van der Waals surface area contributed by atoms with Gasteiger partial charge < -0.3 is 0 Å². The summed E-state index contributed by atoms with van der Waals surface area (Å²) in [4.78, 5) is 1.24. The van der Waals surface area contributed by atoms with Crippen LogP contribution in [0.5, 0.6) is 0 Å². The van der Waals surface area contributed by atoms with E-state index in [-0.39, 0.29) is 0 Å². The zero-order valence-corrected chi connectivity index (χ0v) is 8.52. The minimum Gasteiger partial charge on any atom is -0.0875 e. The van der Waals surface area contributed by atoms with Crippen LogP contribution in [0.15, 0.2) is 12.2 Å². The van der Waals surface area contributed by atoms with Gasteiger partial charge in [-0.05, 0) is 12.3 Å². The van der Waals surface area contributed by atoms with Gasteiger partial charge in [0.1, 0.15) is 0 Å². The molecule has 2 heteroatoms. The maximum Gasteiger partial charge on any atom is 0.0334 e. The fourth-order valence-electron chi connectivity index (χ4n) is 0.989. The van der Waals surface area contributed by atoms with Crippen LogP contribution in [0, 0.1) is 5.92 Å². The van der Waals surface area contributed by atoms with Crippen LogP contribution in [-0.4, -0.2) is 9.65 Å². The van der Waals surface area contributed by atoms with Crippen LogP contribution in [0.1, 0.15) is 13.3 Å². The molecule has 0 radical (unpaired) electrons. The van der Waals surface area contributed by atoms with Gasteiger partial charge in [-0.3, -0.25) is 0 Å². The van der Waals surface area contributed by atoms with Crippen molar-refractivity contribution in [3.05, 3.63) is 12.2 Å². The smallest absolute Gasteiger partial charge is 0.0334 e. The van der Waals surface area contributed by atoms with E-state index < -0.39 is 0 Å². The molecule has 0 amide bonds. The van der Waals surface area contributed by atoms with Crippen molar-refractivity contribution < 1.29 is 0 Å². The van der Waals surface area contributed by atoms with Gasteiger partial charge in [0.2, 0.25) is 0 Å². The first kappa shape index (κ1) is 7.80. The summed E-state index contributed by atoms with van der Waals surface area (Å²) in [6, 6.07) is 0. The van der Waals surface area contributed by atoms with Crippen molar-refractivity contribution in [1.82, 2.24) is 0 Å². The molecule has 0 bridgehead atoms. The van der Waals surface area contributed by atoms with Gasteiger partial charge in [-0.15, -0.1) is 0 Å². The lowest BCUT2D eigenvalue weighted by Crippen LogP contribution is -2.23. The normalized spacial score (nSPS) is 43.2. The predicted molar refractivity (Wildman–Crippen MR) is 48.4 cm³/mol. The van der Waals surface area contributed by atoms with E-state index in [4.69, 9.17) is 0 Å². The summed E-state index contributed by atoms with van der Waals surface area (Å²) in [5, 5.41) is 0. The van der Waals surface area contributed by atoms with E-state index in [2.05, 4.69) is 50.9 Å². The molecule has 0 fully saturated rings. The van der Waals surface area contributed by atoms with Gasteiger partial charge >= 0.3 is 0 Å². The van der Waals surface area contributed by atoms with E-state index in [0.29, 0.717) is 15.6 Å². The third kappa shape index (κ3) is 1.81. The van der Waals surface area contributed by atoms with Crippen LogP contribution in [0.25, 0.3) is 0 Å². The minimum absolute atomic E-state index is 0.613. The maximum atomic E-state index is 3.62. The molecule has 1 aliphatic carbocycles. The van der Waals surface area contributed by atoms with Gasteiger partial charge in [0.15, 0.2) is 0 Å². The van der Waals surface area contributed by atoms with Crippen molar-refractivity contribution in [3.8, 4) is 0 Å². The molecule has 52 valence electrons. The van der Waals surface area contributed by atoms with Crippen molar-refractivity contribution in [2.45, 2.75) is 23.0 Å². The van der Waals surface area contributed by atoms with Crippen LogP contribution in [-0.2, 0) is 0 Å². The molecule has 1 rings (SSSR count). The number of rotatable bonds is 0. The summed E-state index contributed by atoms with van der Waals surface area (Å²) in [5.74, 6) is 0.670. The van der Waals surface area contributed by atoms with Crippen molar-refractivity contribution in [2.24, 2.45) is 5.92 Å². The van der Waals surface area contributed by atoms with Crippen LogP contribution < -0.4 is 0 Å². The fraction of sp³-hybridized carbons (Fsp3) is 0.714. The molecular formula is C7H10Br2. The predicted octanol–water partition coefficient (Wildman–Crippen LogP) is 3.11. The Kier molecular flexibility index (Phi) is 2.77. The average molecular weight is 254 g/mol. The molecule has 0 saturated carbocycles. The van der Waals surface area contributed by atoms with E-state index in [0.717, 1.165) is 6.42 Å². The first-order chi connectivity index (χ1) is 4.22. The molecular weight excluding hydrogens is 244 g/mol. The van der Waals surface area contributed by atoms with Gasteiger partial charge in [0.05, 0.1) is 0 Å². The maximum absolute atomic E-state index is 3.62. The lowest BCUT2D eigenvalue weighted by molar-refractivity contribution is 0.630. The Labute approximate surface area is 73.0 Å².